The third kappa shape index (κ3) is 2.97. The lowest BCUT2D eigenvalue weighted by Gasteiger charge is -2.48. The molecular weight excluding hydrogens is 240 g/mol. The molecule has 2 fully saturated rings. The maximum absolute atomic E-state index is 12.0. The first-order valence-corrected chi connectivity index (χ1v) is 7.26. The number of hydrogen-bond donors (Lipinski definition) is 2. The van der Waals surface area contributed by atoms with Gasteiger partial charge in [-0.15, -0.1) is 0 Å². The molecule has 2 aliphatic rings. The second-order valence-corrected chi connectivity index (χ2v) is 5.87. The van der Waals surface area contributed by atoms with E-state index in [4.69, 9.17) is 0 Å². The second kappa shape index (κ2) is 5.33. The van der Waals surface area contributed by atoms with Crippen LogP contribution in [0.3, 0.4) is 0 Å². The summed E-state index contributed by atoms with van der Waals surface area (Å²) in [6.07, 6.45) is 11.9. The third-order valence-corrected chi connectivity index (χ3v) is 4.46. The summed E-state index contributed by atoms with van der Waals surface area (Å²) < 4.78 is 1.94. The van der Waals surface area contributed by atoms with Crippen LogP contribution < -0.4 is 10.6 Å². The van der Waals surface area contributed by atoms with Crippen LogP contribution in [0.5, 0.6) is 0 Å². The molecule has 2 heterocycles. The van der Waals surface area contributed by atoms with Crippen molar-refractivity contribution in [2.45, 2.75) is 56.7 Å². The predicted octanol–water partition coefficient (Wildman–Crippen LogP) is 1.06. The number of carbonyl (C=O) groups excluding carboxylic acids is 1. The van der Waals surface area contributed by atoms with Crippen LogP contribution in [-0.4, -0.2) is 33.6 Å². The molecule has 1 unspecified atom stereocenters. The van der Waals surface area contributed by atoms with Crippen molar-refractivity contribution in [1.29, 1.82) is 0 Å². The van der Waals surface area contributed by atoms with Crippen molar-refractivity contribution < 1.29 is 4.79 Å². The summed E-state index contributed by atoms with van der Waals surface area (Å²) >= 11 is 0. The number of nitrogens with zero attached hydrogens (tertiary/aromatic N) is 2. The van der Waals surface area contributed by atoms with Gasteiger partial charge in [0, 0.05) is 36.9 Å². The molecule has 1 saturated carbocycles. The molecular formula is C14H22N4O. The Kier molecular flexibility index (Phi) is 3.55. The van der Waals surface area contributed by atoms with Gasteiger partial charge in [0.15, 0.2) is 0 Å². The summed E-state index contributed by atoms with van der Waals surface area (Å²) in [4.78, 5) is 15.9. The van der Waals surface area contributed by atoms with Crippen LogP contribution in [0.4, 0.5) is 0 Å². The molecule has 1 saturated heterocycles. The van der Waals surface area contributed by atoms with Crippen LogP contribution in [0.15, 0.2) is 18.7 Å². The number of rotatable bonds is 4. The minimum atomic E-state index is 0.162. The Labute approximate surface area is 113 Å². The molecule has 1 amide bonds. The SMILES string of the molecule is O=C(CCn1ccnc1)NC1CCNC2(CCC2)C1. The van der Waals surface area contributed by atoms with Gasteiger partial charge in [-0.1, -0.05) is 0 Å². The number of aryl methyl sites for hydroxylation is 1. The molecule has 0 bridgehead atoms. The van der Waals surface area contributed by atoms with Crippen molar-refractivity contribution in [2.24, 2.45) is 0 Å². The van der Waals surface area contributed by atoms with E-state index in [1.807, 2.05) is 10.8 Å². The lowest BCUT2D eigenvalue weighted by molar-refractivity contribution is -0.122. The van der Waals surface area contributed by atoms with Gasteiger partial charge >= 0.3 is 0 Å². The Morgan fingerprint density at radius 2 is 2.42 bits per heavy atom. The van der Waals surface area contributed by atoms with Gasteiger partial charge in [-0.25, -0.2) is 4.98 Å². The Bertz CT molecular complexity index is 425. The predicted molar refractivity (Wildman–Crippen MR) is 72.6 cm³/mol. The zero-order valence-corrected chi connectivity index (χ0v) is 11.3. The highest BCUT2D eigenvalue weighted by Gasteiger charge is 2.41. The zero-order valence-electron chi connectivity index (χ0n) is 11.3. The van der Waals surface area contributed by atoms with Gasteiger partial charge in [0.25, 0.3) is 0 Å². The average molecular weight is 262 g/mol. The van der Waals surface area contributed by atoms with E-state index in [2.05, 4.69) is 15.6 Å². The summed E-state index contributed by atoms with van der Waals surface area (Å²) in [5.41, 5.74) is 0.348. The highest BCUT2D eigenvalue weighted by molar-refractivity contribution is 5.76. The van der Waals surface area contributed by atoms with Crippen LogP contribution in [0, 0.1) is 0 Å². The van der Waals surface area contributed by atoms with E-state index in [-0.39, 0.29) is 5.91 Å². The fourth-order valence-electron chi connectivity index (χ4n) is 3.21. The molecule has 5 heteroatoms. The molecule has 0 radical (unpaired) electrons. The fourth-order valence-corrected chi connectivity index (χ4v) is 3.21. The highest BCUT2D eigenvalue weighted by atomic mass is 16.1. The summed E-state index contributed by atoms with van der Waals surface area (Å²) in [6, 6.07) is 0.358. The Morgan fingerprint density at radius 1 is 1.53 bits per heavy atom. The molecule has 5 nitrogen and oxygen atoms in total. The number of carbonyl (C=O) groups is 1. The van der Waals surface area contributed by atoms with E-state index >= 15 is 0 Å². The first kappa shape index (κ1) is 12.7. The quantitative estimate of drug-likeness (QED) is 0.853. The molecule has 2 N–H and O–H groups in total. The van der Waals surface area contributed by atoms with Gasteiger partial charge in [0.05, 0.1) is 6.33 Å². The molecule has 0 aromatic carbocycles. The third-order valence-electron chi connectivity index (χ3n) is 4.46. The molecule has 1 aromatic rings. The maximum Gasteiger partial charge on any atom is 0.222 e. The summed E-state index contributed by atoms with van der Waals surface area (Å²) in [7, 11) is 0. The number of amides is 1. The minimum absolute atomic E-state index is 0.162. The van der Waals surface area contributed by atoms with Crippen molar-refractivity contribution in [2.75, 3.05) is 6.54 Å². The van der Waals surface area contributed by atoms with Gasteiger partial charge in [-0.3, -0.25) is 4.79 Å². The smallest absolute Gasteiger partial charge is 0.222 e. The van der Waals surface area contributed by atoms with E-state index in [1.54, 1.807) is 12.5 Å². The van der Waals surface area contributed by atoms with E-state index in [0.29, 0.717) is 24.5 Å². The van der Waals surface area contributed by atoms with Crippen LogP contribution in [0.2, 0.25) is 0 Å². The number of imidazole rings is 1. The van der Waals surface area contributed by atoms with Gasteiger partial charge in [0.1, 0.15) is 0 Å². The topological polar surface area (TPSA) is 59.0 Å². The maximum atomic E-state index is 12.0. The van der Waals surface area contributed by atoms with Gasteiger partial charge in [-0.05, 0) is 38.6 Å². The number of nitrogens with one attached hydrogen (secondary N) is 2. The lowest BCUT2D eigenvalue weighted by atomic mass is 9.70. The molecule has 1 aromatic heterocycles. The number of aromatic nitrogens is 2. The van der Waals surface area contributed by atoms with Crippen molar-refractivity contribution in [1.82, 2.24) is 20.2 Å². The first-order valence-electron chi connectivity index (χ1n) is 7.26. The summed E-state index contributed by atoms with van der Waals surface area (Å²) in [6.45, 7) is 1.74. The van der Waals surface area contributed by atoms with Crippen molar-refractivity contribution in [3.63, 3.8) is 0 Å². The van der Waals surface area contributed by atoms with E-state index in [0.717, 1.165) is 19.4 Å². The van der Waals surface area contributed by atoms with Crippen LogP contribution >= 0.6 is 0 Å². The fraction of sp³-hybridized carbons (Fsp3) is 0.714. The van der Waals surface area contributed by atoms with Gasteiger partial charge in [0.2, 0.25) is 5.91 Å². The Morgan fingerprint density at radius 3 is 3.11 bits per heavy atom. The van der Waals surface area contributed by atoms with Crippen LogP contribution in [0.1, 0.15) is 38.5 Å². The Balaban J connectivity index is 1.44. The molecule has 1 spiro atoms. The molecule has 1 aliphatic carbocycles. The summed E-state index contributed by atoms with van der Waals surface area (Å²) in [5, 5.41) is 6.82. The van der Waals surface area contributed by atoms with Gasteiger partial charge < -0.3 is 15.2 Å². The largest absolute Gasteiger partial charge is 0.353 e. The lowest BCUT2D eigenvalue weighted by Crippen LogP contribution is -2.59. The molecule has 3 rings (SSSR count). The van der Waals surface area contributed by atoms with E-state index in [9.17, 15) is 4.79 Å². The standard InChI is InChI=1S/C14H22N4O/c19-13(3-8-18-9-7-15-11-18)17-12-2-6-16-14(10-12)4-1-5-14/h7,9,11-12,16H,1-6,8,10H2,(H,17,19). The first-order chi connectivity index (χ1) is 9.26. The monoisotopic (exact) mass is 262 g/mol. The van der Waals surface area contributed by atoms with Gasteiger partial charge in [-0.2, -0.15) is 0 Å². The van der Waals surface area contributed by atoms with Crippen LogP contribution in [0.25, 0.3) is 0 Å². The van der Waals surface area contributed by atoms with E-state index < -0.39 is 0 Å². The second-order valence-electron chi connectivity index (χ2n) is 5.87. The van der Waals surface area contributed by atoms with Crippen LogP contribution in [-0.2, 0) is 11.3 Å². The average Bonchev–Trinajstić information content (AvgIpc) is 2.88. The van der Waals surface area contributed by atoms with Crippen molar-refractivity contribution >= 4 is 5.91 Å². The number of hydrogen-bond acceptors (Lipinski definition) is 3. The molecule has 1 atom stereocenters. The van der Waals surface area contributed by atoms with E-state index in [1.165, 1.54) is 19.3 Å². The Hall–Kier alpha value is -1.36. The normalized spacial score (nSPS) is 24.9. The highest BCUT2D eigenvalue weighted by Crippen LogP contribution is 2.38. The van der Waals surface area contributed by atoms with Crippen molar-refractivity contribution in [3.8, 4) is 0 Å². The molecule has 19 heavy (non-hydrogen) atoms. The molecule has 104 valence electrons. The summed E-state index contributed by atoms with van der Waals surface area (Å²) in [5.74, 6) is 0.162. The molecule has 1 aliphatic heterocycles. The number of piperidine rings is 1. The van der Waals surface area contributed by atoms with Crippen molar-refractivity contribution in [3.05, 3.63) is 18.7 Å². The zero-order chi connectivity index (χ0) is 13.1. The minimum Gasteiger partial charge on any atom is -0.353 e.